The van der Waals surface area contributed by atoms with E-state index in [1.807, 2.05) is 18.2 Å². The van der Waals surface area contributed by atoms with Crippen LogP contribution in [0.5, 0.6) is 0 Å². The van der Waals surface area contributed by atoms with Gasteiger partial charge in [0.25, 0.3) is 0 Å². The van der Waals surface area contributed by atoms with E-state index in [0.717, 1.165) is 28.8 Å². The summed E-state index contributed by atoms with van der Waals surface area (Å²) in [5.41, 5.74) is 2.50. The molecule has 164 valence electrons. The van der Waals surface area contributed by atoms with Crippen LogP contribution in [0.3, 0.4) is 0 Å². The highest BCUT2D eigenvalue weighted by Crippen LogP contribution is 2.32. The summed E-state index contributed by atoms with van der Waals surface area (Å²) in [6.07, 6.45) is 7.36. The molecule has 0 bridgehead atoms. The van der Waals surface area contributed by atoms with E-state index in [1.54, 1.807) is 0 Å². The second-order valence-corrected chi connectivity index (χ2v) is 8.39. The van der Waals surface area contributed by atoms with Gasteiger partial charge in [-0.1, -0.05) is 75.1 Å². The first-order valence-electron chi connectivity index (χ1n) is 11.3. The van der Waals surface area contributed by atoms with Gasteiger partial charge in [-0.15, -0.1) is 0 Å². The van der Waals surface area contributed by atoms with E-state index in [4.69, 9.17) is 0 Å². The van der Waals surface area contributed by atoms with Crippen LogP contribution in [-0.2, 0) is 6.42 Å². The predicted molar refractivity (Wildman–Crippen MR) is 127 cm³/mol. The molecule has 0 saturated heterocycles. The van der Waals surface area contributed by atoms with E-state index in [9.17, 15) is 13.2 Å². The topological polar surface area (TPSA) is 0 Å². The average Bonchev–Trinajstić information content (AvgIpc) is 2.78. The molecule has 4 aromatic rings. The maximum absolute atomic E-state index is 14.8. The minimum Gasteiger partial charge on any atom is -0.207 e. The van der Waals surface area contributed by atoms with Gasteiger partial charge in [0.2, 0.25) is 0 Å². The fourth-order valence-electron chi connectivity index (χ4n) is 4.22. The Bertz CT molecular complexity index is 1200. The van der Waals surface area contributed by atoms with Gasteiger partial charge >= 0.3 is 0 Å². The molecule has 0 unspecified atom stereocenters. The molecule has 3 heteroatoms. The number of unbranched alkanes of at least 4 members (excludes halogenated alkanes) is 4. The van der Waals surface area contributed by atoms with E-state index < -0.39 is 17.5 Å². The van der Waals surface area contributed by atoms with Crippen LogP contribution < -0.4 is 0 Å². The lowest BCUT2D eigenvalue weighted by Gasteiger charge is -2.10. The fraction of sp³-hybridized carbons (Fsp3) is 0.241. The van der Waals surface area contributed by atoms with Crippen molar-refractivity contribution in [2.24, 2.45) is 0 Å². The molecular formula is C29H27F3. The highest BCUT2D eigenvalue weighted by molar-refractivity contribution is 5.88. The van der Waals surface area contributed by atoms with E-state index in [0.29, 0.717) is 5.56 Å². The number of aryl methyl sites for hydroxylation is 1. The second-order valence-electron chi connectivity index (χ2n) is 8.39. The molecule has 0 spiro atoms. The Labute approximate surface area is 187 Å². The van der Waals surface area contributed by atoms with Crippen molar-refractivity contribution in [3.63, 3.8) is 0 Å². The molecular weight excluding hydrogens is 405 g/mol. The van der Waals surface area contributed by atoms with E-state index >= 15 is 0 Å². The molecule has 0 heterocycles. The Morgan fingerprint density at radius 2 is 1.31 bits per heavy atom. The lowest BCUT2D eigenvalue weighted by atomic mass is 9.96. The maximum atomic E-state index is 14.8. The van der Waals surface area contributed by atoms with E-state index in [-0.39, 0.29) is 11.1 Å². The predicted octanol–water partition coefficient (Wildman–Crippen LogP) is 9.10. The van der Waals surface area contributed by atoms with Crippen LogP contribution in [0.4, 0.5) is 13.2 Å². The summed E-state index contributed by atoms with van der Waals surface area (Å²) in [6, 6.07) is 20.2. The van der Waals surface area contributed by atoms with Gasteiger partial charge in [-0.05, 0) is 76.2 Å². The number of hydrogen-bond donors (Lipinski definition) is 0. The molecule has 0 saturated carbocycles. The lowest BCUT2D eigenvalue weighted by Crippen LogP contribution is -1.93. The van der Waals surface area contributed by atoms with Crippen molar-refractivity contribution < 1.29 is 13.2 Å². The fourth-order valence-corrected chi connectivity index (χ4v) is 4.22. The van der Waals surface area contributed by atoms with Crippen molar-refractivity contribution >= 4 is 10.8 Å². The van der Waals surface area contributed by atoms with Crippen LogP contribution in [0, 0.1) is 17.5 Å². The molecule has 0 atom stereocenters. The molecule has 0 fully saturated rings. The summed E-state index contributed by atoms with van der Waals surface area (Å²) in [4.78, 5) is 0. The molecule has 0 N–H and O–H groups in total. The summed E-state index contributed by atoms with van der Waals surface area (Å²) in [5, 5.41) is 2.16. The normalized spacial score (nSPS) is 11.2. The number of benzene rings is 4. The molecule has 0 aliphatic rings. The quantitative estimate of drug-likeness (QED) is 0.244. The molecule has 0 nitrogen and oxygen atoms in total. The van der Waals surface area contributed by atoms with Crippen molar-refractivity contribution in [3.05, 3.63) is 95.8 Å². The number of rotatable bonds is 8. The summed E-state index contributed by atoms with van der Waals surface area (Å²) in [6.45, 7) is 2.22. The molecule has 0 aliphatic heterocycles. The summed E-state index contributed by atoms with van der Waals surface area (Å²) < 4.78 is 43.1. The third kappa shape index (κ3) is 5.04. The molecule has 4 rings (SSSR count). The Morgan fingerprint density at radius 1 is 0.594 bits per heavy atom. The molecule has 0 aliphatic carbocycles. The third-order valence-corrected chi connectivity index (χ3v) is 5.96. The first kappa shape index (κ1) is 22.1. The van der Waals surface area contributed by atoms with Gasteiger partial charge in [-0.25, -0.2) is 13.2 Å². The van der Waals surface area contributed by atoms with Gasteiger partial charge in [0.1, 0.15) is 17.5 Å². The summed E-state index contributed by atoms with van der Waals surface area (Å²) >= 11 is 0. The first-order valence-corrected chi connectivity index (χ1v) is 11.3. The van der Waals surface area contributed by atoms with Crippen LogP contribution in [0.2, 0.25) is 0 Å². The smallest absolute Gasteiger partial charge is 0.134 e. The minimum absolute atomic E-state index is 0.187. The maximum Gasteiger partial charge on any atom is 0.134 e. The van der Waals surface area contributed by atoms with Crippen molar-refractivity contribution in [1.29, 1.82) is 0 Å². The van der Waals surface area contributed by atoms with Crippen LogP contribution in [-0.4, -0.2) is 0 Å². The minimum atomic E-state index is -0.705. The first-order chi connectivity index (χ1) is 15.5. The Kier molecular flexibility index (Phi) is 6.94. The monoisotopic (exact) mass is 432 g/mol. The van der Waals surface area contributed by atoms with Gasteiger partial charge in [-0.3, -0.25) is 0 Å². The SMILES string of the molecule is CCCCCCCc1ccc2cc(-c3cc(F)c(-c4cccc(F)c4)c(F)c3)ccc2c1. The zero-order valence-corrected chi connectivity index (χ0v) is 18.3. The number of halogens is 3. The molecule has 0 aromatic heterocycles. The van der Waals surface area contributed by atoms with Crippen molar-refractivity contribution in [2.45, 2.75) is 45.4 Å². The van der Waals surface area contributed by atoms with Crippen molar-refractivity contribution in [3.8, 4) is 22.3 Å². The van der Waals surface area contributed by atoms with Crippen LogP contribution in [0.25, 0.3) is 33.0 Å². The number of fused-ring (bicyclic) bond motifs is 1. The van der Waals surface area contributed by atoms with Gasteiger partial charge < -0.3 is 0 Å². The second kappa shape index (κ2) is 10.0. The largest absolute Gasteiger partial charge is 0.207 e. The van der Waals surface area contributed by atoms with Crippen LogP contribution in [0.1, 0.15) is 44.6 Å². The molecule has 32 heavy (non-hydrogen) atoms. The number of hydrogen-bond acceptors (Lipinski definition) is 0. The standard InChI is InChI=1S/C29H27F3/c1-2-3-4-5-6-8-20-11-12-22-16-23(14-13-21(22)15-20)25-18-27(31)29(28(32)19-25)24-9-7-10-26(30)17-24/h7,9-19H,2-6,8H2,1H3. The third-order valence-electron chi connectivity index (χ3n) is 5.96. The summed E-state index contributed by atoms with van der Waals surface area (Å²) in [7, 11) is 0. The van der Waals surface area contributed by atoms with Crippen LogP contribution in [0.15, 0.2) is 72.8 Å². The molecule has 4 aromatic carbocycles. The van der Waals surface area contributed by atoms with Gasteiger partial charge in [0, 0.05) is 0 Å². The van der Waals surface area contributed by atoms with Gasteiger partial charge in [0.15, 0.2) is 0 Å². The Morgan fingerprint density at radius 3 is 2.06 bits per heavy atom. The molecule has 0 radical (unpaired) electrons. The Hall–Kier alpha value is -3.07. The highest BCUT2D eigenvalue weighted by atomic mass is 19.1. The van der Waals surface area contributed by atoms with Gasteiger partial charge in [-0.2, -0.15) is 0 Å². The van der Waals surface area contributed by atoms with E-state index in [2.05, 4.69) is 25.1 Å². The average molecular weight is 433 g/mol. The highest BCUT2D eigenvalue weighted by Gasteiger charge is 2.15. The zero-order valence-electron chi connectivity index (χ0n) is 18.3. The lowest BCUT2D eigenvalue weighted by molar-refractivity contribution is 0.589. The van der Waals surface area contributed by atoms with Crippen molar-refractivity contribution in [1.82, 2.24) is 0 Å². The summed E-state index contributed by atoms with van der Waals surface area (Å²) in [5.74, 6) is -1.94. The van der Waals surface area contributed by atoms with Crippen LogP contribution >= 0.6 is 0 Å². The molecule has 0 amide bonds. The Balaban J connectivity index is 1.57. The van der Waals surface area contributed by atoms with E-state index in [1.165, 1.54) is 68.0 Å². The van der Waals surface area contributed by atoms with Gasteiger partial charge in [0.05, 0.1) is 5.56 Å². The van der Waals surface area contributed by atoms with Crippen molar-refractivity contribution in [2.75, 3.05) is 0 Å². The zero-order chi connectivity index (χ0) is 22.5.